The minimum Gasteiger partial charge on any atom is -0.496 e. The molecule has 0 bridgehead atoms. The molecule has 2 amide bonds. The predicted molar refractivity (Wildman–Crippen MR) is 135 cm³/mol. The van der Waals surface area contributed by atoms with E-state index in [-0.39, 0.29) is 23.6 Å². The number of methoxy groups -OCH3 is 1. The zero-order valence-corrected chi connectivity index (χ0v) is 20.9. The Morgan fingerprint density at radius 1 is 1.03 bits per heavy atom. The van der Waals surface area contributed by atoms with Gasteiger partial charge in [0.15, 0.2) is 0 Å². The fourth-order valence-corrected chi connectivity index (χ4v) is 4.67. The molecule has 0 radical (unpaired) electrons. The quantitative estimate of drug-likeness (QED) is 0.436. The van der Waals surface area contributed by atoms with Crippen molar-refractivity contribution in [3.8, 4) is 5.75 Å². The Labute approximate surface area is 205 Å². The number of piperazine rings is 1. The molecule has 1 aliphatic rings. The van der Waals surface area contributed by atoms with Crippen LogP contribution < -0.4 is 4.74 Å². The summed E-state index contributed by atoms with van der Waals surface area (Å²) < 4.78 is 5.55. The Hall–Kier alpha value is -3.65. The predicted octanol–water partition coefficient (Wildman–Crippen LogP) is 3.18. The number of nitrogens with one attached hydrogen (secondary N) is 1. The number of H-pyrrole nitrogens is 1. The molecule has 0 unspecified atom stereocenters. The van der Waals surface area contributed by atoms with Gasteiger partial charge in [-0.25, -0.2) is 0 Å². The largest absolute Gasteiger partial charge is 0.496 e. The van der Waals surface area contributed by atoms with Crippen LogP contribution in [0.3, 0.4) is 0 Å². The highest BCUT2D eigenvalue weighted by atomic mass is 16.5. The first-order valence-electron chi connectivity index (χ1n) is 11.7. The zero-order chi connectivity index (χ0) is 25.3. The van der Waals surface area contributed by atoms with E-state index in [4.69, 9.17) is 4.74 Å². The molecule has 2 heterocycles. The molecule has 3 aromatic rings. The van der Waals surface area contributed by atoms with Gasteiger partial charge >= 0.3 is 0 Å². The first-order valence-corrected chi connectivity index (χ1v) is 11.7. The van der Waals surface area contributed by atoms with E-state index < -0.39 is 11.7 Å². The smallest absolute Gasteiger partial charge is 0.294 e. The zero-order valence-electron chi connectivity index (χ0n) is 20.9. The number of Topliss-reactive ketones (excluding diaryl/α,β-unsaturated/α-hetero) is 1. The van der Waals surface area contributed by atoms with Crippen LogP contribution in [0.1, 0.15) is 40.1 Å². The second-order valence-corrected chi connectivity index (χ2v) is 9.40. The standard InChI is InChI=1S/C27H32N4O4/c1-17-15-31(18(2)14-30(17)16-19-9-7-6-8-10-19)26(33)21-11-20-22(25(32)27(34)29(3)4)13-28-23(20)12-24(21)35-5/h6-13,17-18,28H,14-16H2,1-5H3/t17-,18-/m0/s1. The van der Waals surface area contributed by atoms with Crippen molar-refractivity contribution >= 4 is 28.5 Å². The van der Waals surface area contributed by atoms with Gasteiger partial charge in [0.1, 0.15) is 5.75 Å². The molecule has 2 atom stereocenters. The Bertz CT molecular complexity index is 1250. The number of carbonyl (C=O) groups is 3. The molecule has 8 heteroatoms. The van der Waals surface area contributed by atoms with Gasteiger partial charge in [-0.05, 0) is 25.5 Å². The molecular weight excluding hydrogens is 444 g/mol. The summed E-state index contributed by atoms with van der Waals surface area (Å²) in [6, 6.07) is 13.9. The molecule has 35 heavy (non-hydrogen) atoms. The van der Waals surface area contributed by atoms with Gasteiger partial charge < -0.3 is 19.5 Å². The van der Waals surface area contributed by atoms with Crippen LogP contribution >= 0.6 is 0 Å². The van der Waals surface area contributed by atoms with E-state index in [1.54, 1.807) is 12.1 Å². The number of carbonyl (C=O) groups excluding carboxylic acids is 3. The van der Waals surface area contributed by atoms with E-state index in [0.717, 1.165) is 13.1 Å². The lowest BCUT2D eigenvalue weighted by molar-refractivity contribution is -0.124. The summed E-state index contributed by atoms with van der Waals surface area (Å²) in [5.41, 5.74) is 2.49. The molecule has 184 valence electrons. The SMILES string of the molecule is COc1cc2[nH]cc(C(=O)C(=O)N(C)C)c2cc1C(=O)N1C[C@H](C)N(Cc2ccccc2)C[C@@H]1C. The summed E-state index contributed by atoms with van der Waals surface area (Å²) in [5, 5.41) is 0.526. The average molecular weight is 477 g/mol. The molecule has 0 aliphatic carbocycles. The molecule has 1 fully saturated rings. The number of aromatic nitrogens is 1. The lowest BCUT2D eigenvalue weighted by Crippen LogP contribution is -2.57. The van der Waals surface area contributed by atoms with E-state index in [1.807, 2.05) is 30.0 Å². The van der Waals surface area contributed by atoms with E-state index in [0.29, 0.717) is 28.8 Å². The van der Waals surface area contributed by atoms with Crippen LogP contribution in [0.4, 0.5) is 0 Å². The van der Waals surface area contributed by atoms with Gasteiger partial charge in [-0.15, -0.1) is 0 Å². The Balaban J connectivity index is 1.62. The highest BCUT2D eigenvalue weighted by Gasteiger charge is 2.34. The van der Waals surface area contributed by atoms with Crippen molar-refractivity contribution in [1.29, 1.82) is 0 Å². The van der Waals surface area contributed by atoms with Crippen LogP contribution in [0.5, 0.6) is 5.75 Å². The second kappa shape index (κ2) is 9.92. The van der Waals surface area contributed by atoms with E-state index in [1.165, 1.54) is 37.9 Å². The minimum atomic E-state index is -0.624. The van der Waals surface area contributed by atoms with Crippen molar-refractivity contribution < 1.29 is 19.1 Å². The number of ether oxygens (including phenoxy) is 1. The number of hydrogen-bond acceptors (Lipinski definition) is 5. The number of likely N-dealkylation sites (N-methyl/N-ethyl adjacent to an activating group) is 1. The fraction of sp³-hybridized carbons (Fsp3) is 0.370. The van der Waals surface area contributed by atoms with Gasteiger partial charge in [-0.2, -0.15) is 0 Å². The molecule has 0 saturated carbocycles. The molecule has 2 aromatic carbocycles. The minimum absolute atomic E-state index is 0.00883. The number of ketones is 1. The Kier molecular flexibility index (Phi) is 6.93. The van der Waals surface area contributed by atoms with Gasteiger partial charge in [-0.1, -0.05) is 30.3 Å². The first-order chi connectivity index (χ1) is 16.7. The topological polar surface area (TPSA) is 85.9 Å². The highest BCUT2D eigenvalue weighted by molar-refractivity contribution is 6.44. The molecule has 1 N–H and O–H groups in total. The summed E-state index contributed by atoms with van der Waals surface area (Å²) in [5.74, 6) is -0.970. The van der Waals surface area contributed by atoms with Crippen LogP contribution in [0.25, 0.3) is 10.9 Å². The van der Waals surface area contributed by atoms with Crippen molar-refractivity contribution in [3.05, 3.63) is 65.4 Å². The number of nitrogens with zero attached hydrogens (tertiary/aromatic N) is 3. The molecule has 8 nitrogen and oxygen atoms in total. The highest BCUT2D eigenvalue weighted by Crippen LogP contribution is 2.31. The lowest BCUT2D eigenvalue weighted by atomic mass is 10.0. The first kappa shape index (κ1) is 24.5. The number of aromatic amines is 1. The third-order valence-corrected chi connectivity index (χ3v) is 6.68. The average Bonchev–Trinajstić information content (AvgIpc) is 3.27. The normalized spacial score (nSPS) is 18.5. The number of benzene rings is 2. The van der Waals surface area contributed by atoms with E-state index in [9.17, 15) is 14.4 Å². The van der Waals surface area contributed by atoms with Gasteiger partial charge in [-0.3, -0.25) is 19.3 Å². The van der Waals surface area contributed by atoms with Crippen molar-refractivity contribution in [2.24, 2.45) is 0 Å². The summed E-state index contributed by atoms with van der Waals surface area (Å²) >= 11 is 0. The van der Waals surface area contributed by atoms with Gasteiger partial charge in [0.2, 0.25) is 0 Å². The Morgan fingerprint density at radius 3 is 2.40 bits per heavy atom. The maximum Gasteiger partial charge on any atom is 0.294 e. The third-order valence-electron chi connectivity index (χ3n) is 6.68. The molecule has 1 aromatic heterocycles. The summed E-state index contributed by atoms with van der Waals surface area (Å²) in [6.07, 6.45) is 1.51. The molecule has 1 aliphatic heterocycles. The number of hydrogen-bond donors (Lipinski definition) is 1. The van der Waals surface area contributed by atoms with E-state index >= 15 is 0 Å². The number of fused-ring (bicyclic) bond motifs is 1. The summed E-state index contributed by atoms with van der Waals surface area (Å²) in [7, 11) is 4.59. The van der Waals surface area contributed by atoms with Gasteiger partial charge in [0.25, 0.3) is 17.6 Å². The monoisotopic (exact) mass is 476 g/mol. The third kappa shape index (κ3) is 4.79. The van der Waals surface area contributed by atoms with Crippen molar-refractivity contribution in [1.82, 2.24) is 19.7 Å². The van der Waals surface area contributed by atoms with E-state index in [2.05, 4.69) is 28.9 Å². The molecule has 1 saturated heterocycles. The second-order valence-electron chi connectivity index (χ2n) is 9.40. The van der Waals surface area contributed by atoms with Crippen LogP contribution in [-0.4, -0.2) is 83.7 Å². The summed E-state index contributed by atoms with van der Waals surface area (Å²) in [6.45, 7) is 6.33. The van der Waals surface area contributed by atoms with Crippen molar-refractivity contribution in [3.63, 3.8) is 0 Å². The number of amides is 2. The number of rotatable bonds is 6. The maximum atomic E-state index is 13.7. The van der Waals surface area contributed by atoms with Gasteiger partial charge in [0, 0.05) is 69.0 Å². The lowest BCUT2D eigenvalue weighted by Gasteiger charge is -2.44. The van der Waals surface area contributed by atoms with Crippen molar-refractivity contribution in [2.45, 2.75) is 32.5 Å². The van der Waals surface area contributed by atoms with Crippen LogP contribution in [0.15, 0.2) is 48.7 Å². The Morgan fingerprint density at radius 2 is 1.74 bits per heavy atom. The fourth-order valence-electron chi connectivity index (χ4n) is 4.67. The van der Waals surface area contributed by atoms with Crippen LogP contribution in [0, 0.1) is 0 Å². The van der Waals surface area contributed by atoms with Gasteiger partial charge in [0.05, 0.1) is 18.2 Å². The molecule has 0 spiro atoms. The van der Waals surface area contributed by atoms with Crippen molar-refractivity contribution in [2.75, 3.05) is 34.3 Å². The maximum absolute atomic E-state index is 13.7. The molecule has 4 rings (SSSR count). The molecular formula is C27H32N4O4. The van der Waals surface area contributed by atoms with Crippen LogP contribution in [0.2, 0.25) is 0 Å². The summed E-state index contributed by atoms with van der Waals surface area (Å²) in [4.78, 5) is 47.3. The van der Waals surface area contributed by atoms with Crippen LogP contribution in [-0.2, 0) is 11.3 Å².